The lowest BCUT2D eigenvalue weighted by Crippen LogP contribution is -2.52. The van der Waals surface area contributed by atoms with Crippen LogP contribution in [0.4, 0.5) is 18.9 Å². The summed E-state index contributed by atoms with van der Waals surface area (Å²) in [5.74, 6) is -2.62. The Bertz CT molecular complexity index is 858. The van der Waals surface area contributed by atoms with E-state index in [9.17, 15) is 22.8 Å². The van der Waals surface area contributed by atoms with Crippen LogP contribution in [0.1, 0.15) is 11.7 Å². The fourth-order valence-electron chi connectivity index (χ4n) is 3.09. The summed E-state index contributed by atoms with van der Waals surface area (Å²) in [6.45, 7) is -1.27. The summed E-state index contributed by atoms with van der Waals surface area (Å²) < 4.78 is 44.9. The summed E-state index contributed by atoms with van der Waals surface area (Å²) in [5, 5.41) is 3.12. The maximum Gasteiger partial charge on any atom is 0.471 e. The number of hydrogen-bond donors (Lipinski definition) is 2. The highest BCUT2D eigenvalue weighted by atomic mass is 19.4. The van der Waals surface area contributed by atoms with Gasteiger partial charge in [0.05, 0.1) is 18.3 Å². The number of nitrogens with one attached hydrogen (secondary N) is 1. The zero-order valence-corrected chi connectivity index (χ0v) is 14.6. The molecule has 0 radical (unpaired) electrons. The number of ether oxygens (including phenoxy) is 1. The number of nitrogens with zero attached hydrogens (tertiary/aromatic N) is 1. The highest BCUT2D eigenvalue weighted by Crippen LogP contribution is 2.37. The number of amides is 2. The number of carbonyl (C=O) groups excluding carboxylic acids is 2. The summed E-state index contributed by atoms with van der Waals surface area (Å²) in [6, 6.07) is 15.1. The maximum absolute atomic E-state index is 13.0. The minimum Gasteiger partial charge on any atom is -0.481 e. The Morgan fingerprint density at radius 2 is 1.71 bits per heavy atom. The molecule has 2 unspecified atom stereocenters. The molecule has 0 saturated heterocycles. The van der Waals surface area contributed by atoms with Crippen molar-refractivity contribution in [1.82, 2.24) is 4.90 Å². The second-order valence-corrected chi connectivity index (χ2v) is 6.35. The van der Waals surface area contributed by atoms with Crippen molar-refractivity contribution in [3.05, 3.63) is 60.2 Å². The fraction of sp³-hybridized carbons (Fsp3) is 0.263. The lowest BCUT2D eigenvalue weighted by Gasteiger charge is -2.38. The van der Waals surface area contributed by atoms with Crippen LogP contribution in [-0.2, 0) is 9.59 Å². The normalized spacial score (nSPS) is 18.4. The zero-order chi connectivity index (χ0) is 20.3. The first-order valence-electron chi connectivity index (χ1n) is 8.47. The van der Waals surface area contributed by atoms with E-state index in [0.717, 1.165) is 0 Å². The van der Waals surface area contributed by atoms with Crippen molar-refractivity contribution < 1.29 is 27.5 Å². The average molecular weight is 393 g/mol. The number of halogens is 3. The Labute approximate surface area is 159 Å². The van der Waals surface area contributed by atoms with Gasteiger partial charge in [-0.15, -0.1) is 0 Å². The first kappa shape index (κ1) is 19.5. The molecule has 1 aliphatic heterocycles. The predicted octanol–water partition coefficient (Wildman–Crippen LogP) is 2.48. The van der Waals surface area contributed by atoms with Gasteiger partial charge in [0.2, 0.25) is 5.91 Å². The van der Waals surface area contributed by atoms with Gasteiger partial charge in [0.1, 0.15) is 11.9 Å². The van der Waals surface area contributed by atoms with Crippen molar-refractivity contribution in [2.24, 2.45) is 5.73 Å². The standard InChI is InChI=1S/C19H18F3N3O3/c20-19(21,22)18(27)25(11-16(23)26)10-14-17(12-6-2-1-3-7-12)28-15-9-5-4-8-13(15)24-14/h1-9,14,17,24H,10-11H2,(H2,23,26). The molecule has 3 rings (SSSR count). The number of carbonyl (C=O) groups is 2. The third-order valence-electron chi connectivity index (χ3n) is 4.27. The Morgan fingerprint density at radius 3 is 2.36 bits per heavy atom. The molecule has 9 heteroatoms. The molecule has 28 heavy (non-hydrogen) atoms. The molecule has 1 aliphatic rings. The van der Waals surface area contributed by atoms with Crippen LogP contribution in [0, 0.1) is 0 Å². The zero-order valence-electron chi connectivity index (χ0n) is 14.6. The van der Waals surface area contributed by atoms with Gasteiger partial charge < -0.3 is 20.7 Å². The molecule has 0 aromatic heterocycles. The van der Waals surface area contributed by atoms with Crippen molar-refractivity contribution in [1.29, 1.82) is 0 Å². The van der Waals surface area contributed by atoms with Crippen molar-refractivity contribution in [2.75, 3.05) is 18.4 Å². The van der Waals surface area contributed by atoms with Gasteiger partial charge in [-0.1, -0.05) is 42.5 Å². The average Bonchev–Trinajstić information content (AvgIpc) is 2.66. The number of fused-ring (bicyclic) bond motifs is 1. The van der Waals surface area contributed by atoms with Crippen LogP contribution in [0.5, 0.6) is 5.75 Å². The van der Waals surface area contributed by atoms with Gasteiger partial charge in [0.15, 0.2) is 0 Å². The van der Waals surface area contributed by atoms with E-state index in [-0.39, 0.29) is 0 Å². The number of alkyl halides is 3. The van der Waals surface area contributed by atoms with Crippen LogP contribution in [-0.4, -0.2) is 42.0 Å². The molecule has 0 spiro atoms. The molecule has 6 nitrogen and oxygen atoms in total. The van der Waals surface area contributed by atoms with E-state index >= 15 is 0 Å². The molecule has 2 aromatic rings. The van der Waals surface area contributed by atoms with Gasteiger partial charge in [-0.25, -0.2) is 0 Å². The minimum atomic E-state index is -5.12. The van der Waals surface area contributed by atoms with Crippen LogP contribution in [0.25, 0.3) is 0 Å². The van der Waals surface area contributed by atoms with Crippen molar-refractivity contribution in [2.45, 2.75) is 18.3 Å². The molecule has 3 N–H and O–H groups in total. The monoisotopic (exact) mass is 393 g/mol. The first-order chi connectivity index (χ1) is 13.3. The molecule has 0 saturated carbocycles. The topological polar surface area (TPSA) is 84.7 Å². The number of para-hydroxylation sites is 2. The van der Waals surface area contributed by atoms with Gasteiger partial charge in [-0.3, -0.25) is 9.59 Å². The highest BCUT2D eigenvalue weighted by Gasteiger charge is 2.44. The predicted molar refractivity (Wildman–Crippen MR) is 95.5 cm³/mol. The van der Waals surface area contributed by atoms with Crippen LogP contribution >= 0.6 is 0 Å². The molecule has 1 heterocycles. The molecular formula is C19H18F3N3O3. The Morgan fingerprint density at radius 1 is 1.07 bits per heavy atom. The minimum absolute atomic E-state index is 0.396. The number of anilines is 1. The number of primary amides is 1. The fourth-order valence-corrected chi connectivity index (χ4v) is 3.09. The first-order valence-corrected chi connectivity index (χ1v) is 8.47. The molecule has 2 amide bonds. The molecule has 0 fully saturated rings. The third-order valence-corrected chi connectivity index (χ3v) is 4.27. The van der Waals surface area contributed by atoms with Crippen molar-refractivity contribution >= 4 is 17.5 Å². The van der Waals surface area contributed by atoms with E-state index in [1.807, 2.05) is 0 Å². The van der Waals surface area contributed by atoms with Crippen LogP contribution in [0.3, 0.4) is 0 Å². The number of benzene rings is 2. The second-order valence-electron chi connectivity index (χ2n) is 6.35. The van der Waals surface area contributed by atoms with E-state index in [1.54, 1.807) is 54.6 Å². The summed E-state index contributed by atoms with van der Waals surface area (Å²) in [4.78, 5) is 23.4. The van der Waals surface area contributed by atoms with Crippen LogP contribution in [0.2, 0.25) is 0 Å². The van der Waals surface area contributed by atoms with Gasteiger partial charge in [-0.2, -0.15) is 13.2 Å². The van der Waals surface area contributed by atoms with Gasteiger partial charge in [0.25, 0.3) is 0 Å². The Hall–Kier alpha value is -3.23. The smallest absolute Gasteiger partial charge is 0.471 e. The van der Waals surface area contributed by atoms with E-state index in [4.69, 9.17) is 10.5 Å². The SMILES string of the molecule is NC(=O)CN(CC1Nc2ccccc2OC1c1ccccc1)C(=O)C(F)(F)F. The van der Waals surface area contributed by atoms with Gasteiger partial charge in [0, 0.05) is 6.54 Å². The van der Waals surface area contributed by atoms with Crippen LogP contribution in [0.15, 0.2) is 54.6 Å². The lowest BCUT2D eigenvalue weighted by atomic mass is 9.99. The Balaban J connectivity index is 1.93. The number of rotatable bonds is 5. The Kier molecular flexibility index (Phi) is 5.43. The second kappa shape index (κ2) is 7.79. The third kappa shape index (κ3) is 4.36. The summed E-state index contributed by atoms with van der Waals surface area (Å²) in [6.07, 6.45) is -5.79. The van der Waals surface area contributed by atoms with Crippen LogP contribution < -0.4 is 15.8 Å². The largest absolute Gasteiger partial charge is 0.481 e. The molecule has 0 bridgehead atoms. The molecule has 2 atom stereocenters. The highest BCUT2D eigenvalue weighted by molar-refractivity contribution is 5.87. The molecule has 148 valence electrons. The van der Waals surface area contributed by atoms with E-state index in [1.165, 1.54) is 0 Å². The summed E-state index contributed by atoms with van der Waals surface area (Å²) in [5.41, 5.74) is 6.35. The summed E-state index contributed by atoms with van der Waals surface area (Å²) in [7, 11) is 0. The van der Waals surface area contributed by atoms with Crippen molar-refractivity contribution in [3.8, 4) is 5.75 Å². The molecular weight excluding hydrogens is 375 g/mol. The quantitative estimate of drug-likeness (QED) is 0.818. The van der Waals surface area contributed by atoms with E-state index in [0.29, 0.717) is 21.9 Å². The lowest BCUT2D eigenvalue weighted by molar-refractivity contribution is -0.186. The van der Waals surface area contributed by atoms with E-state index < -0.39 is 43.2 Å². The summed E-state index contributed by atoms with van der Waals surface area (Å²) >= 11 is 0. The van der Waals surface area contributed by atoms with Crippen molar-refractivity contribution in [3.63, 3.8) is 0 Å². The maximum atomic E-state index is 13.0. The van der Waals surface area contributed by atoms with E-state index in [2.05, 4.69) is 5.32 Å². The number of hydrogen-bond acceptors (Lipinski definition) is 4. The molecule has 2 aromatic carbocycles. The molecule has 0 aliphatic carbocycles. The van der Waals surface area contributed by atoms with Gasteiger partial charge in [-0.05, 0) is 17.7 Å². The number of nitrogens with two attached hydrogens (primary N) is 1. The van der Waals surface area contributed by atoms with Gasteiger partial charge >= 0.3 is 12.1 Å².